The highest BCUT2D eigenvalue weighted by Gasteiger charge is 2.25. The number of hydrogen-bond acceptors (Lipinski definition) is 6. The van der Waals surface area contributed by atoms with Crippen LogP contribution in [-0.4, -0.2) is 102 Å². The molecule has 0 aromatic heterocycles. The molecule has 1 N–H and O–H groups in total. The summed E-state index contributed by atoms with van der Waals surface area (Å²) in [7, 11) is 3.54. The molecule has 0 aliphatic carbocycles. The van der Waals surface area contributed by atoms with Crippen molar-refractivity contribution in [3.05, 3.63) is 29.8 Å². The Balaban J connectivity index is 1.43. The van der Waals surface area contributed by atoms with E-state index < -0.39 is 0 Å². The molecule has 1 aromatic rings. The number of hydrogen-bond donors (Lipinski definition) is 1. The molecule has 0 amide bonds. The van der Waals surface area contributed by atoms with E-state index >= 15 is 0 Å². The van der Waals surface area contributed by atoms with Gasteiger partial charge in [0.1, 0.15) is 12.4 Å². The fourth-order valence-corrected chi connectivity index (χ4v) is 3.96. The van der Waals surface area contributed by atoms with Gasteiger partial charge in [0.25, 0.3) is 0 Å². The second-order valence-electron chi connectivity index (χ2n) is 7.98. The second kappa shape index (κ2) is 13.5. The van der Waals surface area contributed by atoms with E-state index in [1.807, 2.05) is 19.2 Å². The van der Waals surface area contributed by atoms with Crippen LogP contribution in [0.25, 0.3) is 0 Å². The van der Waals surface area contributed by atoms with E-state index in [1.165, 1.54) is 0 Å². The van der Waals surface area contributed by atoms with E-state index in [0.29, 0.717) is 32.3 Å². The van der Waals surface area contributed by atoms with E-state index in [9.17, 15) is 0 Å². The second-order valence-corrected chi connectivity index (χ2v) is 7.98. The van der Waals surface area contributed by atoms with Crippen LogP contribution in [0.2, 0.25) is 0 Å². The molecule has 1 atom stereocenters. The summed E-state index contributed by atoms with van der Waals surface area (Å²) in [6.07, 6.45) is 1.12. The zero-order valence-corrected chi connectivity index (χ0v) is 19.1. The maximum Gasteiger partial charge on any atom is 0.193 e. The molecule has 2 saturated heterocycles. The number of morpholine rings is 1. The van der Waals surface area contributed by atoms with Crippen LogP contribution in [0.15, 0.2) is 29.3 Å². The van der Waals surface area contributed by atoms with Gasteiger partial charge >= 0.3 is 0 Å². The summed E-state index contributed by atoms with van der Waals surface area (Å²) >= 11 is 0. The number of benzene rings is 1. The molecule has 0 saturated carbocycles. The summed E-state index contributed by atoms with van der Waals surface area (Å²) in [4.78, 5) is 9.19. The summed E-state index contributed by atoms with van der Waals surface area (Å²) in [5.41, 5.74) is 1.14. The third kappa shape index (κ3) is 7.96. The molecule has 2 aliphatic rings. The summed E-state index contributed by atoms with van der Waals surface area (Å²) in [6, 6.07) is 8.23. The van der Waals surface area contributed by atoms with Gasteiger partial charge in [-0.3, -0.25) is 9.89 Å². The van der Waals surface area contributed by atoms with Crippen molar-refractivity contribution in [2.45, 2.75) is 13.0 Å². The highest BCUT2D eigenvalue weighted by atomic mass is 16.5. The number of methoxy groups -OCH3 is 1. The number of rotatable bonds is 11. The van der Waals surface area contributed by atoms with Gasteiger partial charge in [-0.15, -0.1) is 0 Å². The topological polar surface area (TPSA) is 67.8 Å². The Morgan fingerprint density at radius 1 is 1.16 bits per heavy atom. The Bertz CT molecular complexity index is 667. The average Bonchev–Trinajstić information content (AvgIpc) is 3.27. The Kier molecular flexibility index (Phi) is 10.4. The fourth-order valence-electron chi connectivity index (χ4n) is 3.96. The minimum Gasteiger partial charge on any atom is -0.492 e. The van der Waals surface area contributed by atoms with Gasteiger partial charge in [0, 0.05) is 64.9 Å². The van der Waals surface area contributed by atoms with Crippen LogP contribution in [0.3, 0.4) is 0 Å². The first-order chi connectivity index (χ1) is 15.3. The van der Waals surface area contributed by atoms with Crippen molar-refractivity contribution < 1.29 is 18.9 Å². The lowest BCUT2D eigenvalue weighted by Gasteiger charge is -2.26. The molecule has 8 nitrogen and oxygen atoms in total. The Labute approximate surface area is 186 Å². The van der Waals surface area contributed by atoms with Gasteiger partial charge in [0.15, 0.2) is 5.96 Å². The monoisotopic (exact) mass is 434 g/mol. The van der Waals surface area contributed by atoms with Crippen molar-refractivity contribution in [3.63, 3.8) is 0 Å². The van der Waals surface area contributed by atoms with Crippen LogP contribution in [-0.2, 0) is 20.8 Å². The predicted octanol–water partition coefficient (Wildman–Crippen LogP) is 1.46. The normalized spacial score (nSPS) is 20.3. The number of aliphatic imine (C=N–C) groups is 1. The van der Waals surface area contributed by atoms with E-state index in [-0.39, 0.29) is 0 Å². The molecule has 174 valence electrons. The molecule has 31 heavy (non-hydrogen) atoms. The quantitative estimate of drug-likeness (QED) is 0.321. The summed E-state index contributed by atoms with van der Waals surface area (Å²) in [5.74, 6) is 2.40. The van der Waals surface area contributed by atoms with Crippen LogP contribution >= 0.6 is 0 Å². The number of para-hydroxylation sites is 1. The molecule has 0 spiro atoms. The van der Waals surface area contributed by atoms with Crippen molar-refractivity contribution in [1.29, 1.82) is 0 Å². The molecule has 2 heterocycles. The molecular formula is C23H38N4O4. The van der Waals surface area contributed by atoms with Gasteiger partial charge in [-0.25, -0.2) is 0 Å². The van der Waals surface area contributed by atoms with Crippen molar-refractivity contribution in [3.8, 4) is 5.75 Å². The first kappa shape index (κ1) is 23.8. The molecule has 2 fully saturated rings. The average molecular weight is 435 g/mol. The first-order valence-corrected chi connectivity index (χ1v) is 11.3. The van der Waals surface area contributed by atoms with Crippen molar-refractivity contribution in [1.82, 2.24) is 15.1 Å². The fraction of sp³-hybridized carbons (Fsp3) is 0.696. The van der Waals surface area contributed by atoms with Gasteiger partial charge in [-0.05, 0) is 12.5 Å². The van der Waals surface area contributed by atoms with Gasteiger partial charge in [-0.2, -0.15) is 0 Å². The van der Waals surface area contributed by atoms with E-state index in [4.69, 9.17) is 18.9 Å². The zero-order valence-electron chi connectivity index (χ0n) is 19.1. The molecule has 2 aliphatic heterocycles. The standard InChI is InChI=1S/C23H38N4O4/c1-24-23(27-8-7-20(18-27)19-30-16-15-28-2)25-17-21-5-3-4-6-22(21)31-14-11-26-9-12-29-13-10-26/h3-6,20H,7-19H2,1-2H3,(H,24,25). The molecule has 0 bridgehead atoms. The minimum atomic E-state index is 0.534. The molecule has 3 rings (SSSR count). The van der Waals surface area contributed by atoms with Gasteiger partial charge in [0.05, 0.1) is 33.0 Å². The highest BCUT2D eigenvalue weighted by Crippen LogP contribution is 2.19. The van der Waals surface area contributed by atoms with E-state index in [0.717, 1.165) is 76.2 Å². The zero-order chi connectivity index (χ0) is 21.7. The number of nitrogens with one attached hydrogen (secondary N) is 1. The predicted molar refractivity (Wildman–Crippen MR) is 122 cm³/mol. The van der Waals surface area contributed by atoms with Crippen LogP contribution in [0.4, 0.5) is 0 Å². The van der Waals surface area contributed by atoms with E-state index in [1.54, 1.807) is 7.11 Å². The first-order valence-electron chi connectivity index (χ1n) is 11.3. The molecule has 8 heteroatoms. The number of likely N-dealkylation sites (tertiary alicyclic amines) is 1. The lowest BCUT2D eigenvalue weighted by Crippen LogP contribution is -2.40. The molecule has 1 unspecified atom stereocenters. The van der Waals surface area contributed by atoms with Crippen LogP contribution in [0.5, 0.6) is 5.75 Å². The Morgan fingerprint density at radius 3 is 2.81 bits per heavy atom. The molecule has 1 aromatic carbocycles. The van der Waals surface area contributed by atoms with Gasteiger partial charge in [0.2, 0.25) is 0 Å². The van der Waals surface area contributed by atoms with Crippen molar-refractivity contribution >= 4 is 5.96 Å². The third-order valence-corrected chi connectivity index (χ3v) is 5.76. The highest BCUT2D eigenvalue weighted by molar-refractivity contribution is 5.80. The Hall–Kier alpha value is -1.87. The SMILES string of the molecule is CN=C(NCc1ccccc1OCCN1CCOCC1)N1CCC(COCCOC)C1. The van der Waals surface area contributed by atoms with Crippen molar-refractivity contribution in [2.75, 3.05) is 86.5 Å². The van der Waals surface area contributed by atoms with Gasteiger partial charge in [-0.1, -0.05) is 18.2 Å². The summed E-state index contributed by atoms with van der Waals surface area (Å²) in [6.45, 7) is 9.93. The number of ether oxygens (including phenoxy) is 4. The summed E-state index contributed by atoms with van der Waals surface area (Å²) < 4.78 is 22.3. The van der Waals surface area contributed by atoms with Crippen molar-refractivity contribution in [2.24, 2.45) is 10.9 Å². The maximum absolute atomic E-state index is 6.11. The lowest BCUT2D eigenvalue weighted by molar-refractivity contribution is 0.0322. The maximum atomic E-state index is 6.11. The number of guanidine groups is 1. The van der Waals surface area contributed by atoms with Crippen LogP contribution < -0.4 is 10.1 Å². The van der Waals surface area contributed by atoms with Crippen LogP contribution in [0.1, 0.15) is 12.0 Å². The van der Waals surface area contributed by atoms with Gasteiger partial charge < -0.3 is 29.2 Å². The minimum absolute atomic E-state index is 0.534. The smallest absolute Gasteiger partial charge is 0.193 e. The van der Waals surface area contributed by atoms with E-state index in [2.05, 4.69) is 32.2 Å². The molecular weight excluding hydrogens is 396 g/mol. The largest absolute Gasteiger partial charge is 0.492 e. The number of nitrogens with zero attached hydrogens (tertiary/aromatic N) is 3. The summed E-state index contributed by atoms with van der Waals surface area (Å²) in [5, 5.41) is 3.51. The Morgan fingerprint density at radius 2 is 2.00 bits per heavy atom. The molecule has 0 radical (unpaired) electrons. The third-order valence-electron chi connectivity index (χ3n) is 5.76. The lowest BCUT2D eigenvalue weighted by atomic mass is 10.1. The van der Waals surface area contributed by atoms with Crippen LogP contribution in [0, 0.1) is 5.92 Å².